The zero-order valence-corrected chi connectivity index (χ0v) is 23.6. The van der Waals surface area contributed by atoms with E-state index < -0.39 is 11.1 Å². The number of aromatic nitrogens is 4. The Labute approximate surface area is 235 Å². The van der Waals surface area contributed by atoms with Gasteiger partial charge in [-0.05, 0) is 94.2 Å². The number of hydrogen-bond acceptors (Lipinski definition) is 6. The topological polar surface area (TPSA) is 104 Å². The van der Waals surface area contributed by atoms with Crippen LogP contribution in [0.25, 0.3) is 21.9 Å². The van der Waals surface area contributed by atoms with Crippen molar-refractivity contribution >= 4 is 44.6 Å². The lowest BCUT2D eigenvalue weighted by Crippen LogP contribution is -2.49. The molecule has 1 aliphatic heterocycles. The molecule has 3 atom stereocenters. The smallest absolute Gasteiger partial charge is 0.171 e. The van der Waals surface area contributed by atoms with Crippen LogP contribution >= 0.6 is 11.6 Å². The summed E-state index contributed by atoms with van der Waals surface area (Å²) >= 11 is 4.07. The van der Waals surface area contributed by atoms with E-state index in [-0.39, 0.29) is 11.3 Å². The van der Waals surface area contributed by atoms with Gasteiger partial charge < -0.3 is 14.3 Å². The van der Waals surface area contributed by atoms with Crippen LogP contribution in [-0.4, -0.2) is 58.7 Å². The number of nitrogens with zero attached hydrogens (tertiary/aromatic N) is 4. The Morgan fingerprint density at radius 2 is 1.95 bits per heavy atom. The monoisotopic (exact) mass is 567 g/mol. The average Bonchev–Trinajstić information content (AvgIpc) is 3.42. The van der Waals surface area contributed by atoms with Crippen molar-refractivity contribution in [3.05, 3.63) is 59.3 Å². The number of hydrogen-bond donors (Lipinski definition) is 2. The highest BCUT2D eigenvalue weighted by molar-refractivity contribution is 7.79. The average molecular weight is 568 g/mol. The quantitative estimate of drug-likeness (QED) is 0.261. The molecule has 1 aromatic carbocycles. The highest BCUT2D eigenvalue weighted by Gasteiger charge is 2.38. The van der Waals surface area contributed by atoms with Gasteiger partial charge in [-0.1, -0.05) is 11.6 Å². The third-order valence-electron chi connectivity index (χ3n) is 8.39. The molecule has 6 rings (SSSR count). The number of halogens is 1. The van der Waals surface area contributed by atoms with Crippen LogP contribution in [0.15, 0.2) is 42.7 Å². The molecule has 206 valence electrons. The van der Waals surface area contributed by atoms with Gasteiger partial charge in [0.2, 0.25) is 0 Å². The molecule has 0 radical (unpaired) electrons. The number of piperidine rings is 1. The summed E-state index contributed by atoms with van der Waals surface area (Å²) in [7, 11) is 0. The summed E-state index contributed by atoms with van der Waals surface area (Å²) in [5.41, 5.74) is 2.82. The molecule has 0 spiro atoms. The first-order valence-electron chi connectivity index (χ1n) is 13.8. The van der Waals surface area contributed by atoms with E-state index in [1.165, 1.54) is 5.69 Å². The lowest BCUT2D eigenvalue weighted by molar-refractivity contribution is 0.0878. The zero-order chi connectivity index (χ0) is 26.9. The summed E-state index contributed by atoms with van der Waals surface area (Å²) in [6.07, 6.45) is 9.42. The van der Waals surface area contributed by atoms with Crippen LogP contribution in [0.2, 0.25) is 5.02 Å². The molecule has 3 unspecified atom stereocenters. The van der Waals surface area contributed by atoms with E-state index in [4.69, 9.17) is 21.3 Å². The van der Waals surface area contributed by atoms with E-state index in [0.29, 0.717) is 23.5 Å². The highest BCUT2D eigenvalue weighted by Crippen LogP contribution is 2.41. The number of aryl methyl sites for hydroxylation is 1. The first kappa shape index (κ1) is 26.6. The number of ether oxygens (including phenoxy) is 1. The van der Waals surface area contributed by atoms with Crippen molar-refractivity contribution < 1.29 is 13.5 Å². The Morgan fingerprint density at radius 1 is 1.15 bits per heavy atom. The van der Waals surface area contributed by atoms with Gasteiger partial charge in [0.1, 0.15) is 16.9 Å². The summed E-state index contributed by atoms with van der Waals surface area (Å²) in [5.74, 6) is 2.51. The molecular weight excluding hydrogens is 534 g/mol. The number of likely N-dealkylation sites (tertiary alicyclic amines) is 1. The van der Waals surface area contributed by atoms with Crippen molar-refractivity contribution in [3.63, 3.8) is 0 Å². The Morgan fingerprint density at radius 3 is 2.72 bits per heavy atom. The Kier molecular flexibility index (Phi) is 7.84. The van der Waals surface area contributed by atoms with Crippen molar-refractivity contribution in [1.29, 1.82) is 0 Å². The number of fused-ring (bicyclic) bond motifs is 3. The van der Waals surface area contributed by atoms with E-state index in [1.807, 2.05) is 43.5 Å². The van der Waals surface area contributed by atoms with Crippen molar-refractivity contribution in [3.8, 4) is 5.75 Å². The van der Waals surface area contributed by atoms with Gasteiger partial charge in [0, 0.05) is 40.1 Å². The number of rotatable bonds is 7. The van der Waals surface area contributed by atoms with Crippen LogP contribution in [0.4, 0.5) is 0 Å². The minimum absolute atomic E-state index is 0.180. The Bertz CT molecular complexity index is 1470. The second kappa shape index (κ2) is 11.5. The third kappa shape index (κ3) is 5.68. The summed E-state index contributed by atoms with van der Waals surface area (Å²) in [4.78, 5) is 19.4. The SMILES string of the molecule is Cc1nc2cnc3nccc3c2c(C2CCC(C(N3CCCC(COc4ccc(Cl)cc4)C3)S(=O)O)CC2)[nH]1. The molecule has 1 saturated heterocycles. The molecule has 3 aromatic heterocycles. The second-order valence-corrected chi connectivity index (χ2v) is 12.5. The molecule has 1 aliphatic carbocycles. The van der Waals surface area contributed by atoms with Crippen molar-refractivity contribution in [2.75, 3.05) is 19.7 Å². The predicted octanol–water partition coefficient (Wildman–Crippen LogP) is 6.08. The number of nitrogens with one attached hydrogen (secondary N) is 1. The first-order valence-corrected chi connectivity index (χ1v) is 15.3. The maximum absolute atomic E-state index is 12.7. The maximum Gasteiger partial charge on any atom is 0.171 e. The summed E-state index contributed by atoms with van der Waals surface area (Å²) in [6.45, 7) is 4.21. The van der Waals surface area contributed by atoms with Gasteiger partial charge in [0.15, 0.2) is 16.7 Å². The summed E-state index contributed by atoms with van der Waals surface area (Å²) in [6, 6.07) is 9.44. The Balaban J connectivity index is 1.14. The van der Waals surface area contributed by atoms with Gasteiger partial charge in [-0.15, -0.1) is 0 Å². The van der Waals surface area contributed by atoms with Crippen molar-refractivity contribution in [1.82, 2.24) is 24.8 Å². The molecule has 4 aromatic rings. The first-order chi connectivity index (χ1) is 19.0. The molecule has 4 heterocycles. The van der Waals surface area contributed by atoms with Gasteiger partial charge in [-0.3, -0.25) is 4.90 Å². The minimum Gasteiger partial charge on any atom is -0.493 e. The summed E-state index contributed by atoms with van der Waals surface area (Å²) < 4.78 is 29.2. The number of pyridine rings is 1. The molecule has 2 aliphatic rings. The highest BCUT2D eigenvalue weighted by atomic mass is 35.5. The lowest BCUT2D eigenvalue weighted by atomic mass is 9.78. The number of aromatic amines is 1. The predicted molar refractivity (Wildman–Crippen MR) is 154 cm³/mol. The van der Waals surface area contributed by atoms with Gasteiger partial charge in [-0.25, -0.2) is 19.2 Å². The third-order valence-corrected chi connectivity index (χ3v) is 9.73. The molecule has 0 amide bonds. The lowest BCUT2D eigenvalue weighted by Gasteiger charge is -2.42. The Hall–Kier alpha value is -2.59. The van der Waals surface area contributed by atoms with E-state index in [9.17, 15) is 8.76 Å². The molecule has 10 heteroatoms. The van der Waals surface area contributed by atoms with E-state index in [0.717, 1.165) is 85.1 Å². The molecular formula is C29H34ClN5O3S. The van der Waals surface area contributed by atoms with E-state index >= 15 is 0 Å². The van der Waals surface area contributed by atoms with Crippen LogP contribution < -0.4 is 4.74 Å². The molecule has 8 nitrogen and oxygen atoms in total. The fourth-order valence-corrected chi connectivity index (χ4v) is 7.76. The fraction of sp³-hybridized carbons (Fsp3) is 0.483. The van der Waals surface area contributed by atoms with E-state index in [2.05, 4.69) is 19.9 Å². The van der Waals surface area contributed by atoms with E-state index in [1.54, 1.807) is 6.20 Å². The van der Waals surface area contributed by atoms with Crippen LogP contribution in [0, 0.1) is 18.8 Å². The number of H-pyrrole nitrogens is 1. The molecule has 2 N–H and O–H groups in total. The van der Waals surface area contributed by atoms with Crippen LogP contribution in [0.5, 0.6) is 5.75 Å². The normalized spacial score (nSPS) is 24.1. The molecule has 2 fully saturated rings. The van der Waals surface area contributed by atoms with Gasteiger partial charge in [0.05, 0.1) is 18.3 Å². The van der Waals surface area contributed by atoms with Crippen LogP contribution in [-0.2, 0) is 11.1 Å². The largest absolute Gasteiger partial charge is 0.493 e. The molecule has 39 heavy (non-hydrogen) atoms. The minimum atomic E-state index is -1.91. The van der Waals surface area contributed by atoms with Crippen LogP contribution in [0.3, 0.4) is 0 Å². The van der Waals surface area contributed by atoms with Gasteiger partial charge in [-0.2, -0.15) is 0 Å². The molecule has 1 saturated carbocycles. The van der Waals surface area contributed by atoms with Crippen LogP contribution in [0.1, 0.15) is 56.0 Å². The second-order valence-electron chi connectivity index (χ2n) is 11.0. The standard InChI is InChI=1S/C29H34ClN5O3S/c1-18-33-25-15-32-28-24(12-13-31-28)26(25)27(34-18)20-4-6-21(7-5-20)29(39(36)37)35-14-2-3-19(16-35)17-38-23-10-8-22(30)9-11-23/h8-13,15,19-21,29H,2-7,14,16-17H2,1H3,(H,33,34)(H,36,37). The molecule has 0 bridgehead atoms. The number of benzene rings is 1. The van der Waals surface area contributed by atoms with Gasteiger partial charge >= 0.3 is 0 Å². The summed E-state index contributed by atoms with van der Waals surface area (Å²) in [5, 5.41) is 2.48. The zero-order valence-electron chi connectivity index (χ0n) is 22.1. The van der Waals surface area contributed by atoms with Gasteiger partial charge in [0.25, 0.3) is 0 Å². The van der Waals surface area contributed by atoms with Crippen molar-refractivity contribution in [2.45, 2.75) is 56.7 Å². The maximum atomic E-state index is 12.7. The van der Waals surface area contributed by atoms with Crippen molar-refractivity contribution in [2.24, 2.45) is 11.8 Å². The fourth-order valence-electron chi connectivity index (χ4n) is 6.58.